The van der Waals surface area contributed by atoms with Crippen LogP contribution in [0.25, 0.3) is 0 Å². The molecule has 1 saturated carbocycles. The fraction of sp³-hybridized carbons (Fsp3) is 0.917. The molecule has 1 aliphatic carbocycles. The monoisotopic (exact) mass is 275 g/mol. The number of halogens is 1. The second kappa shape index (κ2) is 4.08. The van der Waals surface area contributed by atoms with E-state index in [1.54, 1.807) is 0 Å². The van der Waals surface area contributed by atoms with Crippen LogP contribution < -0.4 is 5.32 Å². The first kappa shape index (κ1) is 13.0. The van der Waals surface area contributed by atoms with Crippen LogP contribution in [0.1, 0.15) is 41.0 Å². The lowest BCUT2D eigenvalue weighted by molar-refractivity contribution is -0.124. The number of alkyl halides is 1. The topological polar surface area (TPSA) is 29.1 Å². The Labute approximate surface area is 101 Å². The van der Waals surface area contributed by atoms with Crippen LogP contribution in [0.15, 0.2) is 0 Å². The Balaban J connectivity index is 2.51. The summed E-state index contributed by atoms with van der Waals surface area (Å²) >= 11 is 3.39. The number of rotatable bonds is 4. The van der Waals surface area contributed by atoms with Crippen molar-refractivity contribution in [1.82, 2.24) is 5.32 Å². The molecule has 1 fully saturated rings. The summed E-state index contributed by atoms with van der Waals surface area (Å²) in [6.07, 6.45) is 0.985. The average molecular weight is 276 g/mol. The fourth-order valence-electron chi connectivity index (χ4n) is 2.41. The molecule has 0 bridgehead atoms. The van der Waals surface area contributed by atoms with Crippen molar-refractivity contribution in [3.63, 3.8) is 0 Å². The number of nitrogens with one attached hydrogen (secondary N) is 1. The number of hydrogen-bond acceptors (Lipinski definition) is 1. The first-order valence-corrected chi connectivity index (χ1v) is 6.73. The van der Waals surface area contributed by atoms with E-state index in [1.807, 2.05) is 0 Å². The zero-order valence-electron chi connectivity index (χ0n) is 10.4. The zero-order chi connectivity index (χ0) is 11.9. The predicted octanol–water partition coefficient (Wildman–Crippen LogP) is 2.96. The lowest BCUT2D eigenvalue weighted by Crippen LogP contribution is -2.35. The van der Waals surface area contributed by atoms with Crippen molar-refractivity contribution in [2.75, 3.05) is 5.33 Å². The molecule has 1 N–H and O–H groups in total. The van der Waals surface area contributed by atoms with Crippen molar-refractivity contribution in [2.24, 2.45) is 16.7 Å². The Hall–Kier alpha value is -0.0500. The summed E-state index contributed by atoms with van der Waals surface area (Å²) in [7, 11) is 0. The Morgan fingerprint density at radius 1 is 1.33 bits per heavy atom. The summed E-state index contributed by atoms with van der Waals surface area (Å²) in [5, 5.41) is 4.02. The van der Waals surface area contributed by atoms with Gasteiger partial charge in [0.15, 0.2) is 0 Å². The van der Waals surface area contributed by atoms with Crippen LogP contribution in [-0.2, 0) is 4.79 Å². The Bertz CT molecular complexity index is 246. The van der Waals surface area contributed by atoms with Gasteiger partial charge in [0.2, 0.25) is 5.91 Å². The molecule has 1 amide bonds. The Morgan fingerprint density at radius 3 is 2.13 bits per heavy atom. The Kier molecular flexibility index (Phi) is 3.54. The van der Waals surface area contributed by atoms with Crippen LogP contribution >= 0.6 is 15.9 Å². The zero-order valence-corrected chi connectivity index (χ0v) is 11.9. The van der Waals surface area contributed by atoms with Crippen LogP contribution in [0.3, 0.4) is 0 Å². The minimum Gasteiger partial charge on any atom is -0.353 e. The maximum atomic E-state index is 12.0. The van der Waals surface area contributed by atoms with Crippen molar-refractivity contribution in [3.05, 3.63) is 0 Å². The fourth-order valence-corrected chi connectivity index (χ4v) is 3.10. The van der Waals surface area contributed by atoms with E-state index in [0.717, 1.165) is 11.8 Å². The molecule has 1 unspecified atom stereocenters. The van der Waals surface area contributed by atoms with Crippen LogP contribution in [0.5, 0.6) is 0 Å². The van der Waals surface area contributed by atoms with E-state index in [9.17, 15) is 4.79 Å². The van der Waals surface area contributed by atoms with Gasteiger partial charge in [0.25, 0.3) is 0 Å². The van der Waals surface area contributed by atoms with E-state index in [2.05, 4.69) is 55.9 Å². The normalized spacial score (nSPS) is 24.7. The molecule has 0 aliphatic heterocycles. The molecule has 2 nitrogen and oxygen atoms in total. The molecule has 0 saturated heterocycles. The van der Waals surface area contributed by atoms with Crippen molar-refractivity contribution < 1.29 is 4.79 Å². The van der Waals surface area contributed by atoms with Crippen molar-refractivity contribution in [1.29, 1.82) is 0 Å². The van der Waals surface area contributed by atoms with Gasteiger partial charge in [-0.15, -0.1) is 0 Å². The van der Waals surface area contributed by atoms with Crippen LogP contribution in [0, 0.1) is 16.7 Å². The number of carbonyl (C=O) groups excluding carboxylic acids is 1. The van der Waals surface area contributed by atoms with E-state index in [4.69, 9.17) is 0 Å². The minimum absolute atomic E-state index is 0.144. The molecule has 3 heteroatoms. The maximum absolute atomic E-state index is 12.0. The molecule has 0 aromatic heterocycles. The van der Waals surface area contributed by atoms with Gasteiger partial charge in [-0.25, -0.2) is 0 Å². The van der Waals surface area contributed by atoms with Crippen LogP contribution in [-0.4, -0.2) is 17.3 Å². The van der Waals surface area contributed by atoms with Gasteiger partial charge in [-0.1, -0.05) is 43.6 Å². The lowest BCUT2D eigenvalue weighted by atomic mass is 10.0. The Morgan fingerprint density at radius 2 is 1.80 bits per heavy atom. The van der Waals surface area contributed by atoms with Gasteiger partial charge in [-0.3, -0.25) is 4.79 Å². The van der Waals surface area contributed by atoms with Crippen LogP contribution in [0.4, 0.5) is 0 Å². The summed E-state index contributed by atoms with van der Waals surface area (Å²) in [6.45, 7) is 10.7. The van der Waals surface area contributed by atoms with Crippen LogP contribution in [0.2, 0.25) is 0 Å². The molecule has 0 heterocycles. The smallest absolute Gasteiger partial charge is 0.224 e. The van der Waals surface area contributed by atoms with Gasteiger partial charge in [0.05, 0.1) is 0 Å². The summed E-state index contributed by atoms with van der Waals surface area (Å²) < 4.78 is 0. The first-order valence-electron chi connectivity index (χ1n) is 5.61. The number of amides is 1. The molecule has 1 rings (SSSR count). The second-order valence-corrected chi connectivity index (χ2v) is 6.56. The van der Waals surface area contributed by atoms with Gasteiger partial charge in [0.1, 0.15) is 0 Å². The molecule has 1 aliphatic rings. The average Bonchev–Trinajstić information content (AvgIpc) is 2.42. The maximum Gasteiger partial charge on any atom is 0.224 e. The van der Waals surface area contributed by atoms with Gasteiger partial charge >= 0.3 is 0 Å². The van der Waals surface area contributed by atoms with Gasteiger partial charge in [0, 0.05) is 17.3 Å². The van der Waals surface area contributed by atoms with Crippen molar-refractivity contribution in [2.45, 2.75) is 47.1 Å². The highest BCUT2D eigenvalue weighted by Gasteiger charge is 2.68. The molecule has 0 aromatic carbocycles. The molecule has 0 spiro atoms. The lowest BCUT2D eigenvalue weighted by Gasteiger charge is -2.13. The van der Waals surface area contributed by atoms with Crippen molar-refractivity contribution in [3.8, 4) is 0 Å². The minimum atomic E-state index is 0.144. The van der Waals surface area contributed by atoms with Gasteiger partial charge in [-0.2, -0.15) is 0 Å². The predicted molar refractivity (Wildman–Crippen MR) is 67.1 cm³/mol. The number of hydrogen-bond donors (Lipinski definition) is 1. The molecular formula is C12H22BrNO. The van der Waals surface area contributed by atoms with E-state index in [0.29, 0.717) is 0 Å². The summed E-state index contributed by atoms with van der Waals surface area (Å²) in [5.74, 6) is 0.390. The molecule has 1 atom stereocenters. The third kappa shape index (κ3) is 2.22. The third-order valence-electron chi connectivity index (χ3n) is 4.21. The first-order chi connectivity index (χ1) is 6.75. The highest BCUT2D eigenvalue weighted by Crippen LogP contribution is 2.68. The highest BCUT2D eigenvalue weighted by atomic mass is 79.9. The molecule has 88 valence electrons. The quantitative estimate of drug-likeness (QED) is 0.786. The largest absolute Gasteiger partial charge is 0.353 e. The number of carbonyl (C=O) groups is 1. The second-order valence-electron chi connectivity index (χ2n) is 5.76. The van der Waals surface area contributed by atoms with Crippen molar-refractivity contribution >= 4 is 21.8 Å². The molecule has 0 radical (unpaired) electrons. The van der Waals surface area contributed by atoms with E-state index in [1.165, 1.54) is 0 Å². The van der Waals surface area contributed by atoms with Gasteiger partial charge < -0.3 is 5.32 Å². The summed E-state index contributed by atoms with van der Waals surface area (Å²) in [4.78, 5) is 12.0. The van der Waals surface area contributed by atoms with E-state index < -0.39 is 0 Å². The molecule has 0 aromatic rings. The molecular weight excluding hydrogens is 254 g/mol. The highest BCUT2D eigenvalue weighted by molar-refractivity contribution is 9.09. The van der Waals surface area contributed by atoms with E-state index >= 15 is 0 Å². The summed E-state index contributed by atoms with van der Waals surface area (Å²) in [5.41, 5.74) is 0.288. The standard InChI is InChI=1S/C12H22BrNO/c1-8(6-7-13)14-10(15)9-11(2,3)12(9,4)5/h8-9H,6-7H2,1-5H3,(H,14,15). The van der Waals surface area contributed by atoms with E-state index in [-0.39, 0.29) is 28.7 Å². The SMILES string of the molecule is CC(CCBr)NC(=O)C1C(C)(C)C1(C)C. The molecule has 15 heavy (non-hydrogen) atoms. The van der Waals surface area contributed by atoms with Gasteiger partial charge in [-0.05, 0) is 24.2 Å². The summed E-state index contributed by atoms with van der Waals surface area (Å²) in [6, 6.07) is 0.268. The third-order valence-corrected chi connectivity index (χ3v) is 4.67.